The third-order valence-electron chi connectivity index (χ3n) is 5.98. The highest BCUT2D eigenvalue weighted by Gasteiger charge is 2.35. The predicted molar refractivity (Wildman–Crippen MR) is 126 cm³/mol. The van der Waals surface area contributed by atoms with E-state index >= 15 is 0 Å². The number of hydrogen-bond donors (Lipinski definition) is 0. The highest BCUT2D eigenvalue weighted by Crippen LogP contribution is 2.34. The average molecular weight is 408 g/mol. The number of aromatic nitrogens is 2. The molecule has 1 atom stereocenters. The molecule has 154 valence electrons. The van der Waals surface area contributed by atoms with Gasteiger partial charge in [0.2, 0.25) is 5.91 Å². The summed E-state index contributed by atoms with van der Waals surface area (Å²) in [5.41, 5.74) is 5.39. The Hall–Kier alpha value is -3.66. The zero-order valence-corrected chi connectivity index (χ0v) is 17.6. The van der Waals surface area contributed by atoms with Crippen LogP contribution in [0.5, 0.6) is 0 Å². The molecule has 1 aliphatic heterocycles. The number of anilines is 1. The minimum absolute atomic E-state index is 0.0737. The molecule has 4 nitrogen and oxygen atoms in total. The van der Waals surface area contributed by atoms with Crippen molar-refractivity contribution < 1.29 is 4.79 Å². The lowest BCUT2D eigenvalue weighted by Crippen LogP contribution is -2.25. The Labute approximate surface area is 182 Å². The Bertz CT molecular complexity index is 1260. The molecule has 2 heterocycles. The molecule has 0 radical (unpaired) electrons. The summed E-state index contributed by atoms with van der Waals surface area (Å²) in [7, 11) is 0. The molecule has 1 fully saturated rings. The number of allylic oxidation sites excluding steroid dienone is 1. The Balaban J connectivity index is 1.47. The fraction of sp³-hybridized carbons (Fsp3) is 0.185. The molecule has 4 aromatic rings. The van der Waals surface area contributed by atoms with Crippen LogP contribution in [0.25, 0.3) is 17.1 Å². The first-order valence-electron chi connectivity index (χ1n) is 10.7. The van der Waals surface area contributed by atoms with Crippen LogP contribution in [0.1, 0.15) is 29.3 Å². The van der Waals surface area contributed by atoms with Crippen molar-refractivity contribution >= 4 is 28.7 Å². The van der Waals surface area contributed by atoms with Crippen molar-refractivity contribution in [1.82, 2.24) is 9.55 Å². The molecule has 1 saturated heterocycles. The van der Waals surface area contributed by atoms with Gasteiger partial charge < -0.3 is 9.47 Å². The molecule has 5 rings (SSSR count). The van der Waals surface area contributed by atoms with Crippen LogP contribution in [0, 0.1) is 6.92 Å². The van der Waals surface area contributed by atoms with Gasteiger partial charge in [0.15, 0.2) is 0 Å². The Morgan fingerprint density at radius 3 is 2.55 bits per heavy atom. The van der Waals surface area contributed by atoms with Crippen LogP contribution in [-0.2, 0) is 11.3 Å². The van der Waals surface area contributed by atoms with Crippen molar-refractivity contribution in [2.75, 3.05) is 11.4 Å². The van der Waals surface area contributed by atoms with Gasteiger partial charge in [-0.2, -0.15) is 0 Å². The number of imidazole rings is 1. The van der Waals surface area contributed by atoms with E-state index in [9.17, 15) is 4.79 Å². The lowest BCUT2D eigenvalue weighted by molar-refractivity contribution is -0.117. The summed E-state index contributed by atoms with van der Waals surface area (Å²) in [6, 6.07) is 26.6. The van der Waals surface area contributed by atoms with Crippen LogP contribution >= 0.6 is 0 Å². The van der Waals surface area contributed by atoms with E-state index in [0.717, 1.165) is 34.7 Å². The van der Waals surface area contributed by atoms with E-state index in [1.807, 2.05) is 59.5 Å². The van der Waals surface area contributed by atoms with Crippen molar-refractivity contribution in [2.24, 2.45) is 0 Å². The lowest BCUT2D eigenvalue weighted by atomic mass is 10.1. The van der Waals surface area contributed by atoms with Crippen LogP contribution in [0.3, 0.4) is 0 Å². The van der Waals surface area contributed by atoms with E-state index in [1.165, 1.54) is 5.56 Å². The second-order valence-corrected chi connectivity index (χ2v) is 8.07. The fourth-order valence-electron chi connectivity index (χ4n) is 4.44. The summed E-state index contributed by atoms with van der Waals surface area (Å²) >= 11 is 0. The zero-order valence-electron chi connectivity index (χ0n) is 17.6. The number of benzene rings is 3. The number of fused-ring (bicyclic) bond motifs is 1. The highest BCUT2D eigenvalue weighted by atomic mass is 16.2. The molecule has 0 aliphatic carbocycles. The third-order valence-corrected chi connectivity index (χ3v) is 5.98. The predicted octanol–water partition coefficient (Wildman–Crippen LogP) is 5.58. The molecule has 1 aromatic heterocycles. The van der Waals surface area contributed by atoms with Crippen LogP contribution in [0.4, 0.5) is 5.69 Å². The van der Waals surface area contributed by atoms with E-state index in [4.69, 9.17) is 4.98 Å². The summed E-state index contributed by atoms with van der Waals surface area (Å²) in [6.45, 7) is 3.44. The maximum Gasteiger partial charge on any atom is 0.227 e. The number of rotatable bonds is 5. The minimum Gasteiger partial charge on any atom is -0.324 e. The van der Waals surface area contributed by atoms with Crippen molar-refractivity contribution in [2.45, 2.75) is 25.8 Å². The number of nitrogens with zero attached hydrogens (tertiary/aromatic N) is 3. The molecule has 0 saturated carbocycles. The van der Waals surface area contributed by atoms with Crippen LogP contribution in [-0.4, -0.2) is 22.0 Å². The molecule has 3 aromatic carbocycles. The molecule has 1 aliphatic rings. The average Bonchev–Trinajstić information content (AvgIpc) is 3.35. The molecule has 1 amide bonds. The molecule has 4 heteroatoms. The van der Waals surface area contributed by atoms with Gasteiger partial charge in [0.05, 0.1) is 11.0 Å². The van der Waals surface area contributed by atoms with E-state index in [-0.39, 0.29) is 11.8 Å². The van der Waals surface area contributed by atoms with E-state index in [1.54, 1.807) is 0 Å². The quantitative estimate of drug-likeness (QED) is 0.433. The minimum atomic E-state index is 0.0737. The largest absolute Gasteiger partial charge is 0.324 e. The van der Waals surface area contributed by atoms with Gasteiger partial charge in [-0.3, -0.25) is 4.79 Å². The monoisotopic (exact) mass is 407 g/mol. The first-order valence-corrected chi connectivity index (χ1v) is 10.7. The lowest BCUT2D eigenvalue weighted by Gasteiger charge is -2.19. The third kappa shape index (κ3) is 3.77. The molecule has 0 spiro atoms. The highest BCUT2D eigenvalue weighted by molar-refractivity contribution is 5.97. The van der Waals surface area contributed by atoms with Crippen LogP contribution in [0.15, 0.2) is 84.9 Å². The number of carbonyl (C=O) groups excluding carboxylic acids is 1. The van der Waals surface area contributed by atoms with Gasteiger partial charge in [-0.15, -0.1) is 0 Å². The van der Waals surface area contributed by atoms with E-state index in [0.29, 0.717) is 13.0 Å². The standard InChI is InChI=1S/C27H25N3O/c1-20-10-5-7-15-24(20)30-19-22(18-26(30)31)27-28-23-14-6-8-16-25(23)29(27)17-9-13-21-11-3-2-4-12-21/h2-16,22H,17-19H2,1H3. The summed E-state index contributed by atoms with van der Waals surface area (Å²) in [5, 5.41) is 0. The zero-order chi connectivity index (χ0) is 21.2. The number of aryl methyl sites for hydroxylation is 1. The van der Waals surface area contributed by atoms with Crippen molar-refractivity contribution in [1.29, 1.82) is 0 Å². The molecule has 0 bridgehead atoms. The smallest absolute Gasteiger partial charge is 0.227 e. The van der Waals surface area contributed by atoms with Gasteiger partial charge in [-0.25, -0.2) is 4.98 Å². The summed E-state index contributed by atoms with van der Waals surface area (Å²) < 4.78 is 2.26. The van der Waals surface area contributed by atoms with Crippen molar-refractivity contribution in [3.63, 3.8) is 0 Å². The maximum atomic E-state index is 12.9. The molecule has 31 heavy (non-hydrogen) atoms. The topological polar surface area (TPSA) is 38.1 Å². The molecule has 1 unspecified atom stereocenters. The first kappa shape index (κ1) is 19.3. The maximum absolute atomic E-state index is 12.9. The second kappa shape index (κ2) is 8.23. The number of para-hydroxylation sites is 3. The van der Waals surface area contributed by atoms with Crippen molar-refractivity contribution in [3.05, 3.63) is 102 Å². The van der Waals surface area contributed by atoms with Crippen molar-refractivity contribution in [3.8, 4) is 0 Å². The fourth-order valence-corrected chi connectivity index (χ4v) is 4.44. The van der Waals surface area contributed by atoms with Gasteiger partial charge >= 0.3 is 0 Å². The number of amides is 1. The van der Waals surface area contributed by atoms with Crippen LogP contribution < -0.4 is 4.90 Å². The summed E-state index contributed by atoms with van der Waals surface area (Å²) in [6.07, 6.45) is 4.79. The van der Waals surface area contributed by atoms with Gasteiger partial charge in [0.25, 0.3) is 0 Å². The Kier molecular flexibility index (Phi) is 5.13. The molecular formula is C27H25N3O. The number of hydrogen-bond acceptors (Lipinski definition) is 2. The van der Waals surface area contributed by atoms with Gasteiger partial charge in [-0.05, 0) is 36.2 Å². The first-order chi connectivity index (χ1) is 15.2. The Morgan fingerprint density at radius 1 is 0.968 bits per heavy atom. The normalized spacial score (nSPS) is 16.6. The van der Waals surface area contributed by atoms with Crippen LogP contribution in [0.2, 0.25) is 0 Å². The van der Waals surface area contributed by atoms with E-state index in [2.05, 4.69) is 47.9 Å². The van der Waals surface area contributed by atoms with E-state index < -0.39 is 0 Å². The summed E-state index contributed by atoms with van der Waals surface area (Å²) in [5.74, 6) is 1.23. The molecule has 0 N–H and O–H groups in total. The van der Waals surface area contributed by atoms with Gasteiger partial charge in [0, 0.05) is 31.1 Å². The Morgan fingerprint density at radius 2 is 1.71 bits per heavy atom. The summed E-state index contributed by atoms with van der Waals surface area (Å²) in [4.78, 5) is 19.8. The second-order valence-electron chi connectivity index (χ2n) is 8.07. The van der Waals surface area contributed by atoms with Gasteiger partial charge in [0.1, 0.15) is 5.82 Å². The van der Waals surface area contributed by atoms with Gasteiger partial charge in [-0.1, -0.05) is 72.8 Å². The molecular weight excluding hydrogens is 382 g/mol. The number of carbonyl (C=O) groups is 1. The SMILES string of the molecule is Cc1ccccc1N1CC(c2nc3ccccc3n2CC=Cc2ccccc2)CC1=O.